The lowest BCUT2D eigenvalue weighted by atomic mass is 10.0. The Bertz CT molecular complexity index is 556. The molecule has 22 heavy (non-hydrogen) atoms. The van der Waals surface area contributed by atoms with Crippen LogP contribution < -0.4 is 0 Å². The summed E-state index contributed by atoms with van der Waals surface area (Å²) in [5.74, 6) is 0. The van der Waals surface area contributed by atoms with Crippen LogP contribution in [0, 0.1) is 6.92 Å². The number of aryl methyl sites for hydroxylation is 1. The molecule has 0 aromatic heterocycles. The lowest BCUT2D eigenvalue weighted by Gasteiger charge is -2.25. The first-order valence-electron chi connectivity index (χ1n) is 6.48. The minimum atomic E-state index is -4.12. The highest BCUT2D eigenvalue weighted by atomic mass is 32.2. The van der Waals surface area contributed by atoms with Crippen molar-refractivity contribution in [2.24, 2.45) is 0 Å². The predicted molar refractivity (Wildman–Crippen MR) is 75.4 cm³/mol. The van der Waals surface area contributed by atoms with Crippen molar-refractivity contribution in [3.05, 3.63) is 29.8 Å². The molecular weight excluding hydrogens is 316 g/mol. The Morgan fingerprint density at radius 2 is 1.50 bits per heavy atom. The second kappa shape index (κ2) is 7.97. The van der Waals surface area contributed by atoms with Gasteiger partial charge in [0.05, 0.1) is 18.1 Å². The van der Waals surface area contributed by atoms with Gasteiger partial charge in [0.25, 0.3) is 10.1 Å². The molecule has 0 unspecified atom stereocenters. The van der Waals surface area contributed by atoms with Gasteiger partial charge in [0.1, 0.15) is 24.4 Å². The Morgan fingerprint density at radius 1 is 1.00 bits per heavy atom. The summed E-state index contributed by atoms with van der Waals surface area (Å²) >= 11 is 0. The van der Waals surface area contributed by atoms with E-state index in [2.05, 4.69) is 4.18 Å². The number of hydrogen-bond acceptors (Lipinski definition) is 8. The third kappa shape index (κ3) is 4.99. The van der Waals surface area contributed by atoms with Gasteiger partial charge in [-0.1, -0.05) is 17.7 Å². The number of benzene rings is 1. The van der Waals surface area contributed by atoms with Crippen LogP contribution in [0.15, 0.2) is 29.2 Å². The first-order valence-corrected chi connectivity index (χ1v) is 7.89. The van der Waals surface area contributed by atoms with E-state index in [0.29, 0.717) is 0 Å². The quantitative estimate of drug-likeness (QED) is 0.347. The molecule has 4 atom stereocenters. The summed E-state index contributed by atoms with van der Waals surface area (Å²) in [5, 5.41) is 46.3. The first kappa shape index (κ1) is 19.0. The molecule has 9 heteroatoms. The Labute approximate surface area is 128 Å². The normalized spacial score (nSPS) is 17.7. The van der Waals surface area contributed by atoms with Crippen molar-refractivity contribution in [2.45, 2.75) is 36.2 Å². The second-order valence-electron chi connectivity index (χ2n) is 4.85. The van der Waals surface area contributed by atoms with Crippen LogP contribution in [0.4, 0.5) is 0 Å². The second-order valence-corrected chi connectivity index (χ2v) is 6.47. The van der Waals surface area contributed by atoms with Crippen LogP contribution in [0.1, 0.15) is 5.56 Å². The Kier molecular flexibility index (Phi) is 6.88. The van der Waals surface area contributed by atoms with Gasteiger partial charge in [-0.3, -0.25) is 4.18 Å². The van der Waals surface area contributed by atoms with Crippen LogP contribution in [0.2, 0.25) is 0 Å². The maximum atomic E-state index is 11.9. The average Bonchev–Trinajstić information content (AvgIpc) is 2.50. The van der Waals surface area contributed by atoms with Crippen molar-refractivity contribution < 1.29 is 38.1 Å². The SMILES string of the molecule is Cc1ccc(S(=O)(=O)OC[C@@H](O)[C@@H](O)[C@H](O)[C@H](O)CO)cc1. The van der Waals surface area contributed by atoms with Crippen LogP contribution in [0.3, 0.4) is 0 Å². The fourth-order valence-corrected chi connectivity index (χ4v) is 2.52. The number of hydrogen-bond donors (Lipinski definition) is 5. The van der Waals surface area contributed by atoms with Crippen molar-refractivity contribution in [1.29, 1.82) is 0 Å². The number of aliphatic hydroxyl groups excluding tert-OH is 5. The molecule has 0 aliphatic carbocycles. The third-order valence-electron chi connectivity index (χ3n) is 3.03. The largest absolute Gasteiger partial charge is 0.394 e. The molecule has 0 spiro atoms. The smallest absolute Gasteiger partial charge is 0.297 e. The molecule has 0 bridgehead atoms. The molecule has 1 aromatic carbocycles. The van der Waals surface area contributed by atoms with Gasteiger partial charge in [-0.2, -0.15) is 8.42 Å². The van der Waals surface area contributed by atoms with Gasteiger partial charge in [-0.25, -0.2) is 0 Å². The van der Waals surface area contributed by atoms with Gasteiger partial charge in [-0.15, -0.1) is 0 Å². The molecule has 0 amide bonds. The maximum Gasteiger partial charge on any atom is 0.297 e. The van der Waals surface area contributed by atoms with Crippen molar-refractivity contribution in [3.8, 4) is 0 Å². The molecule has 1 aromatic rings. The molecule has 0 saturated carbocycles. The third-order valence-corrected chi connectivity index (χ3v) is 4.32. The minimum absolute atomic E-state index is 0.115. The van der Waals surface area contributed by atoms with E-state index in [1.54, 1.807) is 19.1 Å². The maximum absolute atomic E-state index is 11.9. The van der Waals surface area contributed by atoms with Crippen LogP contribution in [0.5, 0.6) is 0 Å². The Morgan fingerprint density at radius 3 is 2.00 bits per heavy atom. The van der Waals surface area contributed by atoms with Gasteiger partial charge >= 0.3 is 0 Å². The highest BCUT2D eigenvalue weighted by molar-refractivity contribution is 7.86. The van der Waals surface area contributed by atoms with Crippen molar-refractivity contribution >= 4 is 10.1 Å². The molecule has 8 nitrogen and oxygen atoms in total. The Balaban J connectivity index is 2.66. The van der Waals surface area contributed by atoms with E-state index >= 15 is 0 Å². The van der Waals surface area contributed by atoms with E-state index in [0.717, 1.165) is 5.56 Å². The van der Waals surface area contributed by atoms with Crippen LogP contribution in [0.25, 0.3) is 0 Å². The van der Waals surface area contributed by atoms with Gasteiger partial charge in [0.15, 0.2) is 0 Å². The van der Waals surface area contributed by atoms with Gasteiger partial charge in [0, 0.05) is 0 Å². The zero-order valence-electron chi connectivity index (χ0n) is 11.9. The fourth-order valence-electron chi connectivity index (χ4n) is 1.59. The molecule has 0 fully saturated rings. The lowest BCUT2D eigenvalue weighted by molar-refractivity contribution is -0.121. The van der Waals surface area contributed by atoms with Gasteiger partial charge in [-0.05, 0) is 19.1 Å². The summed E-state index contributed by atoms with van der Waals surface area (Å²) in [4.78, 5) is -0.115. The van der Waals surface area contributed by atoms with E-state index in [1.165, 1.54) is 12.1 Å². The number of aliphatic hydroxyl groups is 5. The summed E-state index contributed by atoms with van der Waals surface area (Å²) in [7, 11) is -4.12. The van der Waals surface area contributed by atoms with E-state index in [1.807, 2.05) is 0 Å². The predicted octanol–water partition coefficient (Wildman–Crippen LogP) is -1.86. The molecule has 0 aliphatic heterocycles. The summed E-state index contributed by atoms with van der Waals surface area (Å²) in [6.07, 6.45) is -7.16. The molecule has 126 valence electrons. The zero-order chi connectivity index (χ0) is 16.9. The summed E-state index contributed by atoms with van der Waals surface area (Å²) in [6, 6.07) is 5.81. The molecule has 0 aliphatic rings. The van der Waals surface area contributed by atoms with Crippen LogP contribution in [-0.2, 0) is 14.3 Å². The minimum Gasteiger partial charge on any atom is -0.394 e. The van der Waals surface area contributed by atoms with Crippen molar-refractivity contribution in [2.75, 3.05) is 13.2 Å². The van der Waals surface area contributed by atoms with Crippen LogP contribution >= 0.6 is 0 Å². The highest BCUT2D eigenvalue weighted by Gasteiger charge is 2.31. The number of rotatable bonds is 8. The monoisotopic (exact) mass is 336 g/mol. The van der Waals surface area contributed by atoms with Gasteiger partial charge in [0.2, 0.25) is 0 Å². The van der Waals surface area contributed by atoms with E-state index in [-0.39, 0.29) is 4.90 Å². The standard InChI is InChI=1S/C13H20O8S/c1-8-2-4-9(5-3-8)22(19,20)21-7-11(16)13(18)12(17)10(15)6-14/h2-5,10-18H,6-7H2,1H3/t10-,11-,12-,13-/m1/s1. The molecule has 0 radical (unpaired) electrons. The summed E-state index contributed by atoms with van der Waals surface area (Å²) < 4.78 is 28.3. The summed E-state index contributed by atoms with van der Waals surface area (Å²) in [5.41, 5.74) is 0.857. The van der Waals surface area contributed by atoms with E-state index in [4.69, 9.17) is 10.2 Å². The topological polar surface area (TPSA) is 145 Å². The van der Waals surface area contributed by atoms with Crippen LogP contribution in [-0.4, -0.2) is 71.6 Å². The molecule has 0 heterocycles. The van der Waals surface area contributed by atoms with Gasteiger partial charge < -0.3 is 25.5 Å². The molecule has 0 saturated heterocycles. The summed E-state index contributed by atoms with van der Waals surface area (Å²) in [6.45, 7) is 0.144. The van der Waals surface area contributed by atoms with Crippen molar-refractivity contribution in [3.63, 3.8) is 0 Å². The van der Waals surface area contributed by atoms with Crippen molar-refractivity contribution in [1.82, 2.24) is 0 Å². The first-order chi connectivity index (χ1) is 10.2. The van der Waals surface area contributed by atoms with E-state index < -0.39 is 47.7 Å². The molecule has 5 N–H and O–H groups in total. The molecule has 1 rings (SSSR count). The average molecular weight is 336 g/mol. The molecular formula is C13H20O8S. The van der Waals surface area contributed by atoms with E-state index in [9.17, 15) is 23.7 Å². The highest BCUT2D eigenvalue weighted by Crippen LogP contribution is 2.14. The lowest BCUT2D eigenvalue weighted by Crippen LogP contribution is -2.47. The zero-order valence-corrected chi connectivity index (χ0v) is 12.7. The fraction of sp³-hybridized carbons (Fsp3) is 0.538. The Hall–Kier alpha value is -1.07.